The molecule has 131 heavy (non-hydrogen) atoms. The first-order valence-electron chi connectivity index (χ1n) is 43.8. The number of thioether (sulfide) groups is 1. The van der Waals surface area contributed by atoms with Crippen molar-refractivity contribution in [3.63, 3.8) is 0 Å². The van der Waals surface area contributed by atoms with Crippen LogP contribution in [0.2, 0.25) is 0 Å². The van der Waals surface area contributed by atoms with Crippen molar-refractivity contribution in [1.29, 1.82) is 0 Å². The zero-order valence-corrected chi connectivity index (χ0v) is 73.2. The Morgan fingerprint density at radius 1 is 0.290 bits per heavy atom. The zero-order valence-electron chi connectivity index (χ0n) is 72.4. The maximum atomic E-state index is 15.2. The number of carbonyl (C=O) groups excluding carboxylic acids is 12. The fourth-order valence-corrected chi connectivity index (χ4v) is 16.8. The van der Waals surface area contributed by atoms with Crippen LogP contribution in [0.25, 0.3) is 43.6 Å². The van der Waals surface area contributed by atoms with Crippen molar-refractivity contribution in [2.75, 3.05) is 24.6 Å². The van der Waals surface area contributed by atoms with Crippen molar-refractivity contribution < 1.29 is 57.5 Å². The summed E-state index contributed by atoms with van der Waals surface area (Å²) >= 11 is 1.22. The topological polar surface area (TPSA) is 602 Å². The van der Waals surface area contributed by atoms with Crippen LogP contribution in [0, 0.1) is 0 Å². The van der Waals surface area contributed by atoms with Crippen LogP contribution >= 0.6 is 11.8 Å². The number of nitrogens with two attached hydrogens (primary N) is 6. The molecule has 6 aromatic heterocycles. The van der Waals surface area contributed by atoms with Crippen LogP contribution in [0.4, 0.5) is 0 Å². The van der Waals surface area contributed by atoms with Gasteiger partial charge in [-0.3, -0.25) is 57.5 Å². The highest BCUT2D eigenvalue weighted by molar-refractivity contribution is 7.99. The van der Waals surface area contributed by atoms with E-state index >= 15 is 28.8 Å². The number of fused-ring (bicyclic) bond motifs is 4. The Kier molecular flexibility index (Phi) is 34.9. The minimum absolute atomic E-state index is 0.00659. The van der Waals surface area contributed by atoms with E-state index in [4.69, 9.17) is 34.4 Å². The summed E-state index contributed by atoms with van der Waals surface area (Å²) in [6.07, 6.45) is 13.4. The molecule has 0 fully saturated rings. The van der Waals surface area contributed by atoms with Gasteiger partial charge >= 0.3 is 0 Å². The molecule has 0 unspecified atom stereocenters. The van der Waals surface area contributed by atoms with E-state index in [2.05, 4.69) is 93.0 Å². The van der Waals surface area contributed by atoms with Gasteiger partial charge in [-0.15, -0.1) is 0 Å². The molecule has 0 saturated heterocycles. The quantitative estimate of drug-likeness (QED) is 0.0244. The average Bonchev–Trinajstić information content (AvgIpc) is 1.71. The van der Waals surface area contributed by atoms with Gasteiger partial charge in [0, 0.05) is 144 Å². The highest BCUT2D eigenvalue weighted by Gasteiger charge is 2.38. The van der Waals surface area contributed by atoms with Crippen molar-refractivity contribution in [2.24, 2.45) is 34.4 Å². The van der Waals surface area contributed by atoms with E-state index in [1.54, 1.807) is 85.5 Å². The molecule has 12 amide bonds. The maximum absolute atomic E-state index is 15.2. The molecule has 688 valence electrons. The number of imidazole rings is 2. The molecule has 37 heteroatoms. The molecule has 0 aliphatic rings. The van der Waals surface area contributed by atoms with Gasteiger partial charge in [0.05, 0.1) is 24.7 Å². The SMILES string of the molecule is NCCCC[C@H](NC(=O)[C@H](CCSCC[C@H](NC(=O)[C@@H](N)Cc1cnc[nH]1)C(=O)N[C@@H](CCCCN)C(=O)N[C@@H](Cc1ccccc1)C(=O)N[C@@H](Cc1c[nH]c2ccccc12)C(=O)N[C@@H](Cc1c[nH]c2ccccc12)C(N)=O)NC(=O)[C@@H](N)Cc1cnc[nH]1)C(=O)N[C@@H](Cc1ccccc1)C(=O)N[C@@H](Cc1c[nH]c2ccccc12)C(=O)N[C@@H](Cc1c[nH]c2ccccc12)C(N)=O. The Balaban J connectivity index is 0.765. The lowest BCUT2D eigenvalue weighted by atomic mass is 10.00. The number of carbonyl (C=O) groups is 12. The molecular weight excluding hydrogens is 1690 g/mol. The Morgan fingerprint density at radius 2 is 0.550 bits per heavy atom. The number of amides is 12. The van der Waals surface area contributed by atoms with Crippen LogP contribution in [0.1, 0.15) is 96.1 Å². The highest BCUT2D eigenvalue weighted by atomic mass is 32.2. The van der Waals surface area contributed by atoms with E-state index in [9.17, 15) is 28.8 Å². The molecule has 0 aliphatic heterocycles. The number of aromatic amines is 6. The Morgan fingerprint density at radius 3 is 0.847 bits per heavy atom. The molecular formula is C94H114N24O12S. The van der Waals surface area contributed by atoms with Crippen LogP contribution in [-0.4, -0.2) is 208 Å². The van der Waals surface area contributed by atoms with Crippen molar-refractivity contribution in [3.05, 3.63) is 252 Å². The van der Waals surface area contributed by atoms with E-state index in [0.29, 0.717) is 70.5 Å². The Bertz CT molecular complexity index is 5490. The van der Waals surface area contributed by atoms with Crippen LogP contribution in [-0.2, 0) is 109 Å². The van der Waals surface area contributed by atoms with Gasteiger partial charge in [0.25, 0.3) is 0 Å². The average molecular weight is 1800 g/mol. The minimum Gasteiger partial charge on any atom is -0.368 e. The van der Waals surface area contributed by atoms with E-state index in [0.717, 1.165) is 43.6 Å². The lowest BCUT2D eigenvalue weighted by Gasteiger charge is -2.28. The van der Waals surface area contributed by atoms with Gasteiger partial charge in [-0.2, -0.15) is 11.8 Å². The number of rotatable bonds is 52. The molecule has 6 heterocycles. The summed E-state index contributed by atoms with van der Waals surface area (Å²) in [5.41, 5.74) is 45.1. The predicted molar refractivity (Wildman–Crippen MR) is 499 cm³/mol. The third-order valence-electron chi connectivity index (χ3n) is 23.0. The summed E-state index contributed by atoms with van der Waals surface area (Å²) in [7, 11) is 0. The number of aromatic nitrogens is 8. The van der Waals surface area contributed by atoms with Crippen LogP contribution in [0.3, 0.4) is 0 Å². The van der Waals surface area contributed by atoms with E-state index in [1.165, 1.54) is 36.8 Å². The summed E-state index contributed by atoms with van der Waals surface area (Å²) in [6, 6.07) is 31.2. The van der Waals surface area contributed by atoms with Gasteiger partial charge in [-0.1, -0.05) is 133 Å². The molecule has 12 atom stereocenters. The molecule has 36 nitrogen and oxygen atoms in total. The monoisotopic (exact) mass is 1800 g/mol. The number of unbranched alkanes of at least 4 members (excludes halogenated alkanes) is 2. The Hall–Kier alpha value is -14.3. The smallest absolute Gasteiger partial charge is 0.243 e. The number of H-pyrrole nitrogens is 6. The standard InChI is InChI=1S/C94H114N24O12S/c95-35-17-15-31-73(87(123)115-79(39-55-19-3-1-4-20-55)91(127)117-81(43-59-49-105-71-29-13-9-25-65(59)71)93(129)113-77(83(99)119)41-57-47-103-69-27-11-7-23-63(57)69)111-89(125)75(109-85(121)67(97)45-61-51-101-53-107-61)33-37-131-38-34-76(110-86(122)68(98)46-62-52-102-54-108-62)90(126)112-74(32-16-18-36-96)88(124)116-80(40-56-21-5-2-6-22-56)92(128)118-82(44-60-50-106-72-30-14-10-26-66(60)72)94(130)114-78(84(100)120)42-58-48-104-70-28-12-8-24-64(58)70/h1-14,19-30,47-54,67-68,73-82,103-106H,15-18,31-46,95-98H2,(H2,99,119)(H2,100,120)(H,101,107)(H,102,108)(H,109,121)(H,110,122)(H,111,125)(H,112,126)(H,113,129)(H,114,130)(H,115,123)(H,116,124)(H,117,127)(H,118,128)/t67-,68-,73-,74-,75-,76-,77-,78-,79-,80-,81-,82-/m0/s1. The molecule has 12 aromatic rings. The first-order valence-corrected chi connectivity index (χ1v) is 44.9. The van der Waals surface area contributed by atoms with Crippen LogP contribution < -0.4 is 87.6 Å². The number of para-hydroxylation sites is 4. The molecule has 0 radical (unpaired) electrons. The summed E-state index contributed by atoms with van der Waals surface area (Å²) in [4.78, 5) is 203. The summed E-state index contributed by atoms with van der Waals surface area (Å²) in [5.74, 6) is -9.35. The Labute approximate surface area is 759 Å². The molecule has 0 aliphatic carbocycles. The molecule has 0 spiro atoms. The second-order valence-corrected chi connectivity index (χ2v) is 33.8. The number of nitrogens with one attached hydrogen (secondary N) is 16. The lowest BCUT2D eigenvalue weighted by molar-refractivity contribution is -0.135. The number of benzene rings is 6. The number of hydrogen-bond acceptors (Lipinski definition) is 19. The first kappa shape index (κ1) is 95.8. The van der Waals surface area contributed by atoms with Crippen molar-refractivity contribution in [3.8, 4) is 0 Å². The van der Waals surface area contributed by atoms with Gasteiger partial charge in [-0.25, -0.2) is 9.97 Å². The van der Waals surface area contributed by atoms with Gasteiger partial charge in [0.15, 0.2) is 0 Å². The van der Waals surface area contributed by atoms with Crippen molar-refractivity contribution in [2.45, 2.75) is 175 Å². The van der Waals surface area contributed by atoms with E-state index < -0.39 is 143 Å². The third kappa shape index (κ3) is 27.4. The zero-order chi connectivity index (χ0) is 92.7. The maximum Gasteiger partial charge on any atom is 0.243 e. The normalized spacial score (nSPS) is 14.2. The number of nitrogens with zero attached hydrogens (tertiary/aromatic N) is 2. The lowest BCUT2D eigenvalue weighted by Crippen LogP contribution is -2.60. The number of hydrogen-bond donors (Lipinski definition) is 22. The minimum atomic E-state index is -1.42. The molecule has 0 saturated carbocycles. The van der Waals surface area contributed by atoms with Gasteiger partial charge < -0.3 is 117 Å². The fourth-order valence-electron chi connectivity index (χ4n) is 15.8. The molecule has 0 bridgehead atoms. The third-order valence-corrected chi connectivity index (χ3v) is 24.1. The molecule has 12 rings (SSSR count). The summed E-state index contributed by atoms with van der Waals surface area (Å²) in [5, 5.41) is 31.6. The van der Waals surface area contributed by atoms with E-state index in [-0.39, 0.29) is 102 Å². The van der Waals surface area contributed by atoms with Gasteiger partial charge in [0.1, 0.15) is 60.4 Å². The van der Waals surface area contributed by atoms with Crippen LogP contribution in [0.15, 0.2) is 208 Å². The van der Waals surface area contributed by atoms with Gasteiger partial charge in [0.2, 0.25) is 70.9 Å². The highest BCUT2D eigenvalue weighted by Crippen LogP contribution is 2.26. The second kappa shape index (κ2) is 47.7. The molecule has 28 N–H and O–H groups in total. The summed E-state index contributed by atoms with van der Waals surface area (Å²) in [6.45, 7) is 0.428. The summed E-state index contributed by atoms with van der Waals surface area (Å²) < 4.78 is 0. The largest absolute Gasteiger partial charge is 0.368 e. The van der Waals surface area contributed by atoms with Crippen molar-refractivity contribution in [1.82, 2.24) is 93.0 Å². The van der Waals surface area contributed by atoms with Gasteiger partial charge in [-0.05, 0) is 134 Å². The fraction of sp³-hybridized carbons (Fsp3) is 0.340. The van der Waals surface area contributed by atoms with E-state index in [1.807, 2.05) is 97.1 Å². The van der Waals surface area contributed by atoms with Crippen molar-refractivity contribution >= 4 is 126 Å². The number of primary amides is 2. The van der Waals surface area contributed by atoms with Crippen LogP contribution in [0.5, 0.6) is 0 Å². The molecule has 6 aromatic carbocycles. The second-order valence-electron chi connectivity index (χ2n) is 32.6. The predicted octanol–water partition coefficient (Wildman–Crippen LogP) is 2.54. The first-order chi connectivity index (χ1) is 63.4.